The van der Waals surface area contributed by atoms with E-state index in [0.717, 1.165) is 0 Å². The molecule has 0 aromatic carbocycles. The molecule has 78 valence electrons. The molecule has 1 heterocycles. The summed E-state index contributed by atoms with van der Waals surface area (Å²) in [6.45, 7) is 0.727. The Morgan fingerprint density at radius 2 is 2.43 bits per heavy atom. The van der Waals surface area contributed by atoms with Crippen LogP contribution in [0.4, 0.5) is 4.39 Å². The molecule has 1 atom stereocenters. The van der Waals surface area contributed by atoms with Crippen LogP contribution in [0, 0.1) is 10.5 Å². The van der Waals surface area contributed by atoms with Crippen molar-refractivity contribution >= 4 is 22.6 Å². The lowest BCUT2D eigenvalue weighted by atomic mass is 10.3. The molecule has 1 rings (SSSR count). The summed E-state index contributed by atoms with van der Waals surface area (Å²) in [6.07, 6.45) is 0.308. The fourth-order valence-corrected chi connectivity index (χ4v) is 1.46. The molecule has 0 amide bonds. The third-order valence-corrected chi connectivity index (χ3v) is 2.52. The minimum absolute atomic E-state index is 0.0506. The van der Waals surface area contributed by atoms with E-state index in [1.54, 1.807) is 6.92 Å². The first-order chi connectivity index (χ1) is 6.56. The highest BCUT2D eigenvalue weighted by atomic mass is 127. The summed E-state index contributed by atoms with van der Waals surface area (Å²) in [7, 11) is 0. The van der Waals surface area contributed by atoms with Crippen molar-refractivity contribution < 1.29 is 9.50 Å². The van der Waals surface area contributed by atoms with Gasteiger partial charge in [0.1, 0.15) is 18.6 Å². The first kappa shape index (κ1) is 11.6. The number of nitrogens with zero attached hydrogens (tertiary/aromatic N) is 2. The summed E-state index contributed by atoms with van der Waals surface area (Å²) >= 11 is 1.85. The lowest BCUT2D eigenvalue weighted by molar-refractivity contribution is 0.119. The van der Waals surface area contributed by atoms with Gasteiger partial charge in [-0.25, -0.2) is 9.37 Å². The maximum Gasteiger partial charge on any atom is 0.267 e. The van der Waals surface area contributed by atoms with Crippen LogP contribution in [0.5, 0.6) is 0 Å². The average Bonchev–Trinajstić information content (AvgIpc) is 2.18. The second-order valence-electron chi connectivity index (χ2n) is 2.88. The zero-order valence-corrected chi connectivity index (χ0v) is 9.73. The van der Waals surface area contributed by atoms with E-state index in [1.165, 1.54) is 10.8 Å². The van der Waals surface area contributed by atoms with Crippen LogP contribution in [0.25, 0.3) is 0 Å². The van der Waals surface area contributed by atoms with Crippen LogP contribution in [0.3, 0.4) is 0 Å². The van der Waals surface area contributed by atoms with Crippen LogP contribution in [0.2, 0.25) is 0 Å². The molecule has 0 aliphatic heterocycles. The van der Waals surface area contributed by atoms with Gasteiger partial charge in [0.15, 0.2) is 0 Å². The van der Waals surface area contributed by atoms with Crippen LogP contribution < -0.4 is 5.56 Å². The molecule has 1 unspecified atom stereocenters. The monoisotopic (exact) mass is 312 g/mol. The Bertz CT molecular complexity index is 380. The van der Waals surface area contributed by atoms with Gasteiger partial charge in [-0.3, -0.25) is 9.36 Å². The van der Waals surface area contributed by atoms with Gasteiger partial charge in [0.25, 0.3) is 5.56 Å². The highest BCUT2D eigenvalue weighted by Crippen LogP contribution is 1.99. The van der Waals surface area contributed by atoms with Gasteiger partial charge in [0.05, 0.1) is 10.1 Å². The summed E-state index contributed by atoms with van der Waals surface area (Å²) in [5.74, 6) is 0.475. The molecule has 1 aromatic heterocycles. The topological polar surface area (TPSA) is 55.1 Å². The van der Waals surface area contributed by atoms with Crippen molar-refractivity contribution in [2.24, 2.45) is 0 Å². The maximum absolute atomic E-state index is 12.0. The second-order valence-corrected chi connectivity index (χ2v) is 4.04. The number of hydrogen-bond donors (Lipinski definition) is 1. The molecule has 0 spiro atoms. The standard InChI is InChI=1S/C8H10FIN2O2/c1-5-11-3-7(10)8(14)12(5)4-6(13)2-9/h3,6,13H,2,4H2,1H3. The molecule has 0 aliphatic rings. The predicted octanol–water partition coefficient (Wildman–Crippen LogP) is 0.487. The van der Waals surface area contributed by atoms with Gasteiger partial charge in [0, 0.05) is 6.20 Å². The number of aryl methyl sites for hydroxylation is 1. The van der Waals surface area contributed by atoms with Crippen LogP contribution in [0.1, 0.15) is 5.82 Å². The van der Waals surface area contributed by atoms with Gasteiger partial charge in [-0.05, 0) is 29.5 Å². The van der Waals surface area contributed by atoms with E-state index in [1.807, 2.05) is 22.6 Å². The Kier molecular flexibility index (Phi) is 3.99. The molecule has 0 saturated heterocycles. The fraction of sp³-hybridized carbons (Fsp3) is 0.500. The van der Waals surface area contributed by atoms with Crippen LogP contribution in [0.15, 0.2) is 11.0 Å². The molecule has 1 N–H and O–H groups in total. The van der Waals surface area contributed by atoms with E-state index >= 15 is 0 Å². The molecular formula is C8H10FIN2O2. The van der Waals surface area contributed by atoms with Crippen molar-refractivity contribution in [2.75, 3.05) is 6.67 Å². The highest BCUT2D eigenvalue weighted by Gasteiger charge is 2.10. The van der Waals surface area contributed by atoms with Gasteiger partial charge in [-0.15, -0.1) is 0 Å². The number of rotatable bonds is 3. The first-order valence-electron chi connectivity index (χ1n) is 4.02. The third-order valence-electron chi connectivity index (χ3n) is 1.78. The van der Waals surface area contributed by atoms with Crippen LogP contribution >= 0.6 is 22.6 Å². The zero-order chi connectivity index (χ0) is 10.7. The maximum atomic E-state index is 12.0. The largest absolute Gasteiger partial charge is 0.389 e. The highest BCUT2D eigenvalue weighted by molar-refractivity contribution is 14.1. The number of hydrogen-bond acceptors (Lipinski definition) is 3. The summed E-state index contributed by atoms with van der Waals surface area (Å²) in [5, 5.41) is 9.09. The van der Waals surface area contributed by atoms with E-state index in [9.17, 15) is 9.18 Å². The minimum Gasteiger partial charge on any atom is -0.389 e. The SMILES string of the molecule is Cc1ncc(I)c(=O)n1CC(O)CF. The van der Waals surface area contributed by atoms with Gasteiger partial charge in [0.2, 0.25) is 0 Å². The Labute approximate surface area is 93.9 Å². The smallest absolute Gasteiger partial charge is 0.267 e. The lowest BCUT2D eigenvalue weighted by Gasteiger charge is -2.11. The van der Waals surface area contributed by atoms with Crippen molar-refractivity contribution in [2.45, 2.75) is 19.6 Å². The Hall–Kier alpha value is -0.500. The second kappa shape index (κ2) is 4.83. The van der Waals surface area contributed by atoms with Crippen molar-refractivity contribution in [1.82, 2.24) is 9.55 Å². The molecule has 6 heteroatoms. The minimum atomic E-state index is -1.15. The summed E-state index contributed by atoms with van der Waals surface area (Å²) in [5.41, 5.74) is -0.245. The summed E-state index contributed by atoms with van der Waals surface area (Å²) in [6, 6.07) is 0. The van der Waals surface area contributed by atoms with Gasteiger partial charge in [-0.1, -0.05) is 0 Å². The summed E-state index contributed by atoms with van der Waals surface area (Å²) in [4.78, 5) is 15.5. The van der Waals surface area contributed by atoms with Gasteiger partial charge in [-0.2, -0.15) is 0 Å². The molecule has 0 aliphatic carbocycles. The van der Waals surface area contributed by atoms with E-state index in [4.69, 9.17) is 5.11 Å². The predicted molar refractivity (Wildman–Crippen MR) is 57.9 cm³/mol. The van der Waals surface area contributed by atoms with E-state index in [-0.39, 0.29) is 12.1 Å². The number of aliphatic hydroxyl groups is 1. The average molecular weight is 312 g/mol. The van der Waals surface area contributed by atoms with Crippen LogP contribution in [-0.2, 0) is 6.54 Å². The number of halogens is 2. The molecule has 1 aromatic rings. The quantitative estimate of drug-likeness (QED) is 0.827. The van der Waals surface area contributed by atoms with Crippen molar-refractivity contribution in [3.05, 3.63) is 25.9 Å². The third kappa shape index (κ3) is 2.50. The molecule has 14 heavy (non-hydrogen) atoms. The van der Waals surface area contributed by atoms with Gasteiger partial charge >= 0.3 is 0 Å². The zero-order valence-electron chi connectivity index (χ0n) is 7.57. The van der Waals surface area contributed by atoms with Crippen LogP contribution in [-0.4, -0.2) is 27.4 Å². The molecule has 0 saturated carbocycles. The van der Waals surface area contributed by atoms with E-state index in [0.29, 0.717) is 9.39 Å². The van der Waals surface area contributed by atoms with E-state index < -0.39 is 12.8 Å². The number of aliphatic hydroxyl groups excluding tert-OH is 1. The summed E-state index contributed by atoms with van der Waals surface area (Å²) < 4.78 is 13.8. The molecular weight excluding hydrogens is 302 g/mol. The first-order valence-corrected chi connectivity index (χ1v) is 5.10. The molecule has 4 nitrogen and oxygen atoms in total. The molecule has 0 fully saturated rings. The molecule has 0 radical (unpaired) electrons. The molecule has 0 bridgehead atoms. The van der Waals surface area contributed by atoms with Gasteiger partial charge < -0.3 is 5.11 Å². The fourth-order valence-electron chi connectivity index (χ4n) is 1.03. The normalized spacial score (nSPS) is 12.9. The van der Waals surface area contributed by atoms with Crippen molar-refractivity contribution in [3.8, 4) is 0 Å². The number of aromatic nitrogens is 2. The Morgan fingerprint density at radius 3 is 3.00 bits per heavy atom. The van der Waals surface area contributed by atoms with Crippen molar-refractivity contribution in [1.29, 1.82) is 0 Å². The Balaban J connectivity index is 3.07. The van der Waals surface area contributed by atoms with E-state index in [2.05, 4.69) is 4.98 Å². The lowest BCUT2D eigenvalue weighted by Crippen LogP contribution is -2.31. The number of alkyl halides is 1. The van der Waals surface area contributed by atoms with Crippen molar-refractivity contribution in [3.63, 3.8) is 0 Å². The Morgan fingerprint density at radius 1 is 1.79 bits per heavy atom.